The highest BCUT2D eigenvalue weighted by atomic mass is 16.6. The molecule has 2 rings (SSSR count). The molecule has 0 saturated carbocycles. The number of carbonyl (C=O) groups is 1. The van der Waals surface area contributed by atoms with Gasteiger partial charge in [0.2, 0.25) is 0 Å². The molecule has 0 heterocycles. The number of benzene rings is 2. The van der Waals surface area contributed by atoms with Crippen molar-refractivity contribution >= 4 is 17.8 Å². The van der Waals surface area contributed by atoms with Gasteiger partial charge in [0, 0.05) is 23.3 Å². The number of hydrogen-bond acceptors (Lipinski definition) is 7. The van der Waals surface area contributed by atoms with Crippen LogP contribution < -0.4 is 5.43 Å². The lowest BCUT2D eigenvalue weighted by atomic mass is 10.2. The monoisotopic (exact) mass is 317 g/mol. The van der Waals surface area contributed by atoms with E-state index in [1.807, 2.05) is 0 Å². The molecule has 2 aromatic carbocycles. The molecule has 0 unspecified atom stereocenters. The van der Waals surface area contributed by atoms with Crippen LogP contribution in [0.2, 0.25) is 0 Å². The van der Waals surface area contributed by atoms with Gasteiger partial charge < -0.3 is 15.3 Å². The molecule has 4 N–H and O–H groups in total. The van der Waals surface area contributed by atoms with E-state index < -0.39 is 22.3 Å². The van der Waals surface area contributed by atoms with Crippen molar-refractivity contribution < 1.29 is 25.0 Å². The third-order valence-electron chi connectivity index (χ3n) is 2.74. The second kappa shape index (κ2) is 6.43. The van der Waals surface area contributed by atoms with Crippen LogP contribution in [-0.4, -0.2) is 32.4 Å². The van der Waals surface area contributed by atoms with Gasteiger partial charge in [-0.05, 0) is 24.3 Å². The zero-order chi connectivity index (χ0) is 17.0. The van der Waals surface area contributed by atoms with Crippen LogP contribution in [0, 0.1) is 10.1 Å². The Labute approximate surface area is 129 Å². The van der Waals surface area contributed by atoms with Gasteiger partial charge in [0.15, 0.2) is 5.75 Å². The van der Waals surface area contributed by atoms with Gasteiger partial charge >= 0.3 is 5.69 Å². The molecule has 9 heteroatoms. The lowest BCUT2D eigenvalue weighted by Gasteiger charge is -2.02. The Balaban J connectivity index is 2.11. The second-order valence-corrected chi connectivity index (χ2v) is 4.44. The summed E-state index contributed by atoms with van der Waals surface area (Å²) >= 11 is 0. The first-order chi connectivity index (χ1) is 10.9. The average Bonchev–Trinajstić information content (AvgIpc) is 2.47. The Bertz CT molecular complexity index is 783. The number of hydrogen-bond donors (Lipinski definition) is 4. The largest absolute Gasteiger partial charge is 0.508 e. The first-order valence-electron chi connectivity index (χ1n) is 6.20. The summed E-state index contributed by atoms with van der Waals surface area (Å²) in [5.41, 5.74) is 1.92. The molecule has 118 valence electrons. The van der Waals surface area contributed by atoms with E-state index in [2.05, 4.69) is 10.5 Å². The van der Waals surface area contributed by atoms with Gasteiger partial charge in [0.05, 0.1) is 11.1 Å². The highest BCUT2D eigenvalue weighted by Crippen LogP contribution is 2.25. The molecule has 0 saturated heterocycles. The van der Waals surface area contributed by atoms with Gasteiger partial charge in [-0.15, -0.1) is 0 Å². The normalized spacial score (nSPS) is 10.6. The van der Waals surface area contributed by atoms with Crippen molar-refractivity contribution in [2.45, 2.75) is 0 Å². The van der Waals surface area contributed by atoms with Crippen LogP contribution >= 0.6 is 0 Å². The van der Waals surface area contributed by atoms with Crippen LogP contribution in [0.25, 0.3) is 0 Å². The van der Waals surface area contributed by atoms with Crippen molar-refractivity contribution in [3.63, 3.8) is 0 Å². The van der Waals surface area contributed by atoms with E-state index in [0.29, 0.717) is 0 Å². The molecule has 0 aliphatic heterocycles. The smallest absolute Gasteiger partial charge is 0.311 e. The number of nitro groups is 1. The summed E-state index contributed by atoms with van der Waals surface area (Å²) in [6, 6.07) is 6.93. The fourth-order valence-electron chi connectivity index (χ4n) is 1.72. The lowest BCUT2D eigenvalue weighted by Crippen LogP contribution is -2.17. The SMILES string of the molecule is O=C(NN=Cc1ccc(O)c([N+](=O)[O-])c1)c1cc(O)cc(O)c1. The third-order valence-corrected chi connectivity index (χ3v) is 2.74. The minimum Gasteiger partial charge on any atom is -0.508 e. The van der Waals surface area contributed by atoms with Crippen LogP contribution in [0.1, 0.15) is 15.9 Å². The Morgan fingerprint density at radius 3 is 2.39 bits per heavy atom. The zero-order valence-electron chi connectivity index (χ0n) is 11.5. The maximum atomic E-state index is 11.8. The quantitative estimate of drug-likeness (QED) is 0.381. The maximum absolute atomic E-state index is 11.8. The maximum Gasteiger partial charge on any atom is 0.311 e. The van der Waals surface area contributed by atoms with Crippen molar-refractivity contribution in [1.29, 1.82) is 0 Å². The van der Waals surface area contributed by atoms with Gasteiger partial charge in [0.1, 0.15) is 11.5 Å². The Hall–Kier alpha value is -3.62. The molecule has 0 aliphatic carbocycles. The second-order valence-electron chi connectivity index (χ2n) is 4.44. The number of nitrogens with zero attached hydrogens (tertiary/aromatic N) is 2. The van der Waals surface area contributed by atoms with Crippen molar-refractivity contribution in [3.8, 4) is 17.2 Å². The summed E-state index contributed by atoms with van der Waals surface area (Å²) < 4.78 is 0. The minimum atomic E-state index is -0.749. The van der Waals surface area contributed by atoms with Crippen molar-refractivity contribution in [2.24, 2.45) is 5.10 Å². The van der Waals surface area contributed by atoms with Gasteiger partial charge in [-0.3, -0.25) is 14.9 Å². The number of hydrazone groups is 1. The van der Waals surface area contributed by atoms with Gasteiger partial charge in [-0.1, -0.05) is 0 Å². The van der Waals surface area contributed by atoms with E-state index in [-0.39, 0.29) is 22.6 Å². The topological polar surface area (TPSA) is 145 Å². The number of nitrogens with one attached hydrogen (secondary N) is 1. The van der Waals surface area contributed by atoms with E-state index in [1.54, 1.807) is 0 Å². The summed E-state index contributed by atoms with van der Waals surface area (Å²) in [5.74, 6) is -1.74. The number of carbonyl (C=O) groups excluding carboxylic acids is 1. The van der Waals surface area contributed by atoms with E-state index in [9.17, 15) is 30.2 Å². The van der Waals surface area contributed by atoms with E-state index >= 15 is 0 Å². The first kappa shape index (κ1) is 15.8. The van der Waals surface area contributed by atoms with E-state index in [1.165, 1.54) is 6.07 Å². The molecule has 0 bridgehead atoms. The molecule has 2 aromatic rings. The van der Waals surface area contributed by atoms with Crippen LogP contribution in [0.5, 0.6) is 17.2 Å². The molecule has 0 radical (unpaired) electrons. The first-order valence-corrected chi connectivity index (χ1v) is 6.20. The van der Waals surface area contributed by atoms with Crippen LogP contribution in [-0.2, 0) is 0 Å². The molecule has 1 amide bonds. The fraction of sp³-hybridized carbons (Fsp3) is 0. The van der Waals surface area contributed by atoms with E-state index in [4.69, 9.17) is 0 Å². The molecule has 0 aliphatic rings. The third kappa shape index (κ3) is 3.94. The summed E-state index contributed by atoms with van der Waals surface area (Å²) in [6.45, 7) is 0. The zero-order valence-corrected chi connectivity index (χ0v) is 11.5. The summed E-state index contributed by atoms with van der Waals surface area (Å²) in [6.07, 6.45) is 1.15. The number of phenols is 3. The van der Waals surface area contributed by atoms with Crippen molar-refractivity contribution in [1.82, 2.24) is 5.43 Å². The number of aromatic hydroxyl groups is 3. The highest BCUT2D eigenvalue weighted by Gasteiger charge is 2.13. The Morgan fingerprint density at radius 2 is 1.78 bits per heavy atom. The van der Waals surface area contributed by atoms with Crippen LogP contribution in [0.4, 0.5) is 5.69 Å². The van der Waals surface area contributed by atoms with Crippen molar-refractivity contribution in [2.75, 3.05) is 0 Å². The minimum absolute atomic E-state index is 0.0173. The van der Waals surface area contributed by atoms with E-state index in [0.717, 1.165) is 36.5 Å². The van der Waals surface area contributed by atoms with Gasteiger partial charge in [-0.2, -0.15) is 5.10 Å². The number of phenolic OH excluding ortho intramolecular Hbond substituents is 3. The number of amides is 1. The fourth-order valence-corrected chi connectivity index (χ4v) is 1.72. The number of nitro benzene ring substituents is 1. The molecule has 0 atom stereocenters. The van der Waals surface area contributed by atoms with Crippen LogP contribution in [0.3, 0.4) is 0 Å². The van der Waals surface area contributed by atoms with Crippen LogP contribution in [0.15, 0.2) is 41.5 Å². The summed E-state index contributed by atoms with van der Waals surface area (Å²) in [5, 5.41) is 42.2. The van der Waals surface area contributed by atoms with Crippen molar-refractivity contribution in [3.05, 3.63) is 57.6 Å². The molecule has 23 heavy (non-hydrogen) atoms. The molecule has 9 nitrogen and oxygen atoms in total. The lowest BCUT2D eigenvalue weighted by molar-refractivity contribution is -0.385. The highest BCUT2D eigenvalue weighted by molar-refractivity contribution is 5.95. The predicted molar refractivity (Wildman–Crippen MR) is 79.6 cm³/mol. The standard InChI is InChI=1S/C14H11N3O6/c18-10-4-9(5-11(19)6-10)14(21)16-15-7-8-1-2-13(20)12(3-8)17(22)23/h1-7,18-20H,(H,16,21). The molecular formula is C14H11N3O6. The molecule has 0 aromatic heterocycles. The van der Waals surface area contributed by atoms with Gasteiger partial charge in [-0.25, -0.2) is 5.43 Å². The summed E-state index contributed by atoms with van der Waals surface area (Å²) in [4.78, 5) is 21.7. The molecule has 0 fully saturated rings. The van der Waals surface area contributed by atoms with Gasteiger partial charge in [0.25, 0.3) is 5.91 Å². The molecule has 0 spiro atoms. The number of rotatable bonds is 4. The Morgan fingerprint density at radius 1 is 1.13 bits per heavy atom. The predicted octanol–water partition coefficient (Wildman–Crippen LogP) is 1.48. The summed E-state index contributed by atoms with van der Waals surface area (Å²) in [7, 11) is 0. The average molecular weight is 317 g/mol. The Kier molecular flexibility index (Phi) is 4.41. The molecular weight excluding hydrogens is 306 g/mol.